The molecule has 0 spiro atoms. The van der Waals surface area contributed by atoms with Crippen molar-refractivity contribution in [2.45, 2.75) is 13.5 Å². The molecule has 0 aliphatic rings. The summed E-state index contributed by atoms with van der Waals surface area (Å²) < 4.78 is 3.54. The molecule has 0 saturated heterocycles. The van der Waals surface area contributed by atoms with Crippen LogP contribution in [0.1, 0.15) is 6.92 Å². The van der Waals surface area contributed by atoms with Crippen LogP contribution in [-0.4, -0.2) is 19.8 Å². The zero-order valence-corrected chi connectivity index (χ0v) is 9.68. The van der Waals surface area contributed by atoms with E-state index in [0.717, 1.165) is 4.47 Å². The molecule has 0 aliphatic heterocycles. The molecule has 2 rings (SSSR count). The molecular weight excluding hydrogens is 260 g/mol. The van der Waals surface area contributed by atoms with Gasteiger partial charge in [0.15, 0.2) is 0 Å². The van der Waals surface area contributed by atoms with Gasteiger partial charge in [0.1, 0.15) is 0 Å². The number of hydrogen-bond donors (Lipinski definition) is 0. The van der Waals surface area contributed by atoms with Gasteiger partial charge in [-0.1, -0.05) is 15.9 Å². The van der Waals surface area contributed by atoms with E-state index >= 15 is 0 Å². The third-order valence-corrected chi connectivity index (χ3v) is 2.54. The Morgan fingerprint density at radius 3 is 2.47 bits per heavy atom. The molecule has 0 fully saturated rings. The van der Waals surface area contributed by atoms with Gasteiger partial charge < -0.3 is 0 Å². The summed E-state index contributed by atoms with van der Waals surface area (Å²) in [6.45, 7) is 2.37. The molecule has 0 radical (unpaired) electrons. The summed E-state index contributed by atoms with van der Waals surface area (Å²) >= 11 is 3.33. The second-order valence-electron chi connectivity index (χ2n) is 2.97. The summed E-state index contributed by atoms with van der Waals surface area (Å²) in [5.74, 6) is 0. The molecule has 1 heterocycles. The molecule has 0 N–H and O–H groups in total. The van der Waals surface area contributed by atoms with E-state index in [1.54, 1.807) is 12.1 Å². The average molecular weight is 269 g/mol. The summed E-state index contributed by atoms with van der Waals surface area (Å²) in [6, 6.07) is 7.32. The normalized spacial score (nSPS) is 10.5. The van der Waals surface area contributed by atoms with Gasteiger partial charge >= 0.3 is 5.69 Å². The molecule has 0 bridgehead atoms. The van der Waals surface area contributed by atoms with Crippen molar-refractivity contribution in [2.24, 2.45) is 0 Å². The summed E-state index contributed by atoms with van der Waals surface area (Å²) in [4.78, 5) is 11.7. The van der Waals surface area contributed by atoms with Gasteiger partial charge in [-0.25, -0.2) is 4.79 Å². The molecule has 0 unspecified atom stereocenters. The Hall–Kier alpha value is -1.43. The van der Waals surface area contributed by atoms with Crippen LogP contribution in [0.25, 0.3) is 5.69 Å². The highest BCUT2D eigenvalue weighted by molar-refractivity contribution is 9.10. The van der Waals surface area contributed by atoms with E-state index in [4.69, 9.17) is 0 Å². The second-order valence-corrected chi connectivity index (χ2v) is 3.88. The summed E-state index contributed by atoms with van der Waals surface area (Å²) in [7, 11) is 0. The lowest BCUT2D eigenvalue weighted by Gasteiger charge is -1.97. The van der Waals surface area contributed by atoms with Gasteiger partial charge in [-0.3, -0.25) is 0 Å². The van der Waals surface area contributed by atoms with E-state index in [9.17, 15) is 4.79 Å². The van der Waals surface area contributed by atoms with Crippen molar-refractivity contribution in [1.82, 2.24) is 19.8 Å². The lowest BCUT2D eigenvalue weighted by molar-refractivity contribution is 0.609. The first-order valence-electron chi connectivity index (χ1n) is 4.51. The minimum absolute atomic E-state index is 0.222. The van der Waals surface area contributed by atoms with Crippen LogP contribution in [0.3, 0.4) is 0 Å². The first kappa shape index (κ1) is 10.1. The van der Waals surface area contributed by atoms with Gasteiger partial charge in [0.05, 0.1) is 5.69 Å². The van der Waals surface area contributed by atoms with Gasteiger partial charge in [-0.2, -0.15) is 9.36 Å². The fourth-order valence-electron chi connectivity index (χ4n) is 1.22. The standard InChI is InChI=1S/C9H9BrN4O/c1-2-13-9(15)14(12-11-13)8-5-3-7(10)4-6-8/h3-6H,2H2,1H3. The van der Waals surface area contributed by atoms with E-state index in [1.807, 2.05) is 19.1 Å². The number of rotatable bonds is 2. The molecule has 2 aromatic rings. The molecule has 1 aromatic heterocycles. The molecular formula is C9H9BrN4O. The first-order valence-corrected chi connectivity index (χ1v) is 5.30. The fraction of sp³-hybridized carbons (Fsp3) is 0.222. The monoisotopic (exact) mass is 268 g/mol. The number of aryl methyl sites for hydroxylation is 1. The van der Waals surface area contributed by atoms with Crippen LogP contribution in [0, 0.1) is 0 Å². The summed E-state index contributed by atoms with van der Waals surface area (Å²) in [6.07, 6.45) is 0. The summed E-state index contributed by atoms with van der Waals surface area (Å²) in [5, 5.41) is 7.53. The first-order chi connectivity index (χ1) is 7.22. The number of tetrazole rings is 1. The van der Waals surface area contributed by atoms with Crippen LogP contribution in [0.5, 0.6) is 0 Å². The largest absolute Gasteiger partial charge is 0.368 e. The van der Waals surface area contributed by atoms with Crippen LogP contribution in [-0.2, 0) is 6.54 Å². The predicted molar refractivity (Wildman–Crippen MR) is 59.0 cm³/mol. The lowest BCUT2D eigenvalue weighted by Crippen LogP contribution is -2.23. The highest BCUT2D eigenvalue weighted by Gasteiger charge is 2.06. The maximum absolute atomic E-state index is 11.7. The van der Waals surface area contributed by atoms with E-state index in [2.05, 4.69) is 26.4 Å². The second kappa shape index (κ2) is 3.98. The topological polar surface area (TPSA) is 52.7 Å². The quantitative estimate of drug-likeness (QED) is 0.823. The maximum Gasteiger partial charge on any atom is 0.368 e. The van der Waals surface area contributed by atoms with Crippen molar-refractivity contribution < 1.29 is 0 Å². The minimum Gasteiger partial charge on any atom is -0.244 e. The third-order valence-electron chi connectivity index (χ3n) is 2.01. The Balaban J connectivity index is 2.50. The Morgan fingerprint density at radius 2 is 1.93 bits per heavy atom. The van der Waals surface area contributed by atoms with Crippen LogP contribution in [0.4, 0.5) is 0 Å². The molecule has 15 heavy (non-hydrogen) atoms. The molecule has 6 heteroatoms. The smallest absolute Gasteiger partial charge is 0.244 e. The maximum atomic E-state index is 11.7. The van der Waals surface area contributed by atoms with E-state index in [1.165, 1.54) is 9.36 Å². The van der Waals surface area contributed by atoms with Crippen LogP contribution in [0.2, 0.25) is 0 Å². The average Bonchev–Trinajstić information content (AvgIpc) is 2.61. The molecule has 0 aliphatic carbocycles. The van der Waals surface area contributed by atoms with Crippen molar-refractivity contribution >= 4 is 15.9 Å². The lowest BCUT2D eigenvalue weighted by atomic mass is 10.3. The molecule has 0 saturated carbocycles. The van der Waals surface area contributed by atoms with Crippen LogP contribution < -0.4 is 5.69 Å². The van der Waals surface area contributed by atoms with E-state index in [-0.39, 0.29) is 5.69 Å². The molecule has 0 amide bonds. The Bertz CT molecular complexity index is 514. The zero-order chi connectivity index (χ0) is 10.8. The van der Waals surface area contributed by atoms with E-state index in [0.29, 0.717) is 12.2 Å². The van der Waals surface area contributed by atoms with Gasteiger partial charge in [-0.15, -0.1) is 0 Å². The number of aromatic nitrogens is 4. The molecule has 0 atom stereocenters. The highest BCUT2D eigenvalue weighted by Crippen LogP contribution is 2.11. The van der Waals surface area contributed by atoms with Gasteiger partial charge in [0.2, 0.25) is 0 Å². The fourth-order valence-corrected chi connectivity index (χ4v) is 1.48. The van der Waals surface area contributed by atoms with E-state index < -0.39 is 0 Å². The number of halogens is 1. The predicted octanol–water partition coefficient (Wildman–Crippen LogP) is 1.21. The third kappa shape index (κ3) is 1.85. The van der Waals surface area contributed by atoms with Crippen molar-refractivity contribution in [1.29, 1.82) is 0 Å². The number of benzene rings is 1. The van der Waals surface area contributed by atoms with Crippen molar-refractivity contribution in [2.75, 3.05) is 0 Å². The Labute approximate surface area is 94.4 Å². The van der Waals surface area contributed by atoms with Crippen LogP contribution in [0.15, 0.2) is 33.5 Å². The Morgan fingerprint density at radius 1 is 1.27 bits per heavy atom. The minimum atomic E-state index is -0.222. The van der Waals surface area contributed by atoms with Gasteiger partial charge in [-0.05, 0) is 41.6 Å². The number of hydrogen-bond acceptors (Lipinski definition) is 3. The summed E-state index contributed by atoms with van der Waals surface area (Å²) in [5.41, 5.74) is 0.489. The zero-order valence-electron chi connectivity index (χ0n) is 8.09. The van der Waals surface area contributed by atoms with Crippen LogP contribution >= 0.6 is 15.9 Å². The number of nitrogens with zero attached hydrogens (tertiary/aromatic N) is 4. The molecule has 1 aromatic carbocycles. The van der Waals surface area contributed by atoms with Gasteiger partial charge in [0.25, 0.3) is 0 Å². The van der Waals surface area contributed by atoms with Gasteiger partial charge in [0, 0.05) is 11.0 Å². The van der Waals surface area contributed by atoms with Crippen molar-refractivity contribution in [3.8, 4) is 5.69 Å². The molecule has 5 nitrogen and oxygen atoms in total. The highest BCUT2D eigenvalue weighted by atomic mass is 79.9. The SMILES string of the molecule is CCn1nnn(-c2ccc(Br)cc2)c1=O. The van der Waals surface area contributed by atoms with Crippen molar-refractivity contribution in [3.63, 3.8) is 0 Å². The van der Waals surface area contributed by atoms with Crippen molar-refractivity contribution in [3.05, 3.63) is 39.2 Å². The Kier molecular flexibility index (Phi) is 2.68. The molecule has 78 valence electrons.